The number of carbonyl (C=O) groups is 1. The molecule has 0 heterocycles. The summed E-state index contributed by atoms with van der Waals surface area (Å²) in [6, 6.07) is 3.28. The molecule has 1 aromatic rings. The van der Waals surface area contributed by atoms with E-state index in [1.54, 1.807) is 26.0 Å². The zero-order valence-electron chi connectivity index (χ0n) is 8.00. The van der Waals surface area contributed by atoms with Gasteiger partial charge in [-0.3, -0.25) is 0 Å². The Morgan fingerprint density at radius 2 is 2.21 bits per heavy atom. The summed E-state index contributed by atoms with van der Waals surface area (Å²) in [5, 5.41) is 9.60. The number of aryl methyl sites for hydroxylation is 1. The van der Waals surface area contributed by atoms with Crippen LogP contribution in [0.3, 0.4) is 0 Å². The minimum Gasteiger partial charge on any atom is -0.507 e. The maximum atomic E-state index is 11.4. The van der Waals surface area contributed by atoms with Gasteiger partial charge in [0.1, 0.15) is 11.3 Å². The number of benzene rings is 1. The Morgan fingerprint density at radius 1 is 1.57 bits per heavy atom. The van der Waals surface area contributed by atoms with Gasteiger partial charge in [-0.15, -0.1) is 0 Å². The van der Waals surface area contributed by atoms with Crippen molar-refractivity contribution in [3.05, 3.63) is 27.7 Å². The smallest absolute Gasteiger partial charge is 0.341 e. The lowest BCUT2D eigenvalue weighted by atomic mass is 10.1. The molecule has 0 radical (unpaired) electrons. The van der Waals surface area contributed by atoms with Crippen molar-refractivity contribution in [1.82, 2.24) is 0 Å². The minimum atomic E-state index is -0.505. The van der Waals surface area contributed by atoms with Crippen LogP contribution < -0.4 is 0 Å². The summed E-state index contributed by atoms with van der Waals surface area (Å²) < 4.78 is 5.55. The monoisotopic (exact) mass is 258 g/mol. The second-order valence-corrected chi connectivity index (χ2v) is 3.76. The molecule has 0 saturated carbocycles. The first-order valence-corrected chi connectivity index (χ1v) is 5.01. The molecule has 0 bridgehead atoms. The molecular weight excluding hydrogens is 248 g/mol. The first-order valence-electron chi connectivity index (χ1n) is 4.22. The van der Waals surface area contributed by atoms with Gasteiger partial charge in [0.25, 0.3) is 0 Å². The summed E-state index contributed by atoms with van der Waals surface area (Å²) >= 11 is 3.25. The number of esters is 1. The normalized spacial score (nSPS) is 9.93. The third-order valence-corrected chi connectivity index (χ3v) is 2.22. The van der Waals surface area contributed by atoms with Crippen molar-refractivity contribution in [2.24, 2.45) is 0 Å². The first kappa shape index (κ1) is 11.0. The van der Waals surface area contributed by atoms with Gasteiger partial charge in [-0.1, -0.05) is 15.9 Å². The average molecular weight is 259 g/mol. The molecule has 4 heteroatoms. The number of halogens is 1. The lowest BCUT2D eigenvalue weighted by molar-refractivity contribution is 0.0523. The van der Waals surface area contributed by atoms with Gasteiger partial charge in [0.05, 0.1) is 6.61 Å². The summed E-state index contributed by atoms with van der Waals surface area (Å²) in [4.78, 5) is 11.4. The molecule has 76 valence electrons. The van der Waals surface area contributed by atoms with E-state index >= 15 is 0 Å². The van der Waals surface area contributed by atoms with E-state index in [-0.39, 0.29) is 11.3 Å². The number of ether oxygens (including phenoxy) is 1. The number of aromatic hydroxyl groups is 1. The highest BCUT2D eigenvalue weighted by Gasteiger charge is 2.14. The van der Waals surface area contributed by atoms with Crippen LogP contribution in [0.2, 0.25) is 0 Å². The van der Waals surface area contributed by atoms with Crippen LogP contribution in [-0.4, -0.2) is 17.7 Å². The molecule has 0 unspecified atom stereocenters. The van der Waals surface area contributed by atoms with E-state index < -0.39 is 5.97 Å². The van der Waals surface area contributed by atoms with E-state index in [9.17, 15) is 9.90 Å². The van der Waals surface area contributed by atoms with Crippen molar-refractivity contribution >= 4 is 21.9 Å². The fourth-order valence-corrected chi connectivity index (χ4v) is 1.67. The molecule has 14 heavy (non-hydrogen) atoms. The third-order valence-electron chi connectivity index (χ3n) is 1.76. The SMILES string of the molecule is CCOC(=O)c1cc(Br)cc(C)c1O. The van der Waals surface area contributed by atoms with Crippen molar-refractivity contribution in [3.8, 4) is 5.75 Å². The van der Waals surface area contributed by atoms with Crippen molar-refractivity contribution < 1.29 is 14.6 Å². The van der Waals surface area contributed by atoms with E-state index in [1.807, 2.05) is 0 Å². The quantitative estimate of drug-likeness (QED) is 0.830. The summed E-state index contributed by atoms with van der Waals surface area (Å²) in [5.74, 6) is -0.527. The van der Waals surface area contributed by atoms with Gasteiger partial charge < -0.3 is 9.84 Å². The second kappa shape index (κ2) is 4.46. The maximum Gasteiger partial charge on any atom is 0.341 e. The fourth-order valence-electron chi connectivity index (χ4n) is 1.10. The van der Waals surface area contributed by atoms with E-state index in [4.69, 9.17) is 4.74 Å². The van der Waals surface area contributed by atoms with E-state index in [0.29, 0.717) is 12.2 Å². The van der Waals surface area contributed by atoms with E-state index in [0.717, 1.165) is 4.47 Å². The van der Waals surface area contributed by atoms with Gasteiger partial charge in [-0.05, 0) is 31.5 Å². The predicted molar refractivity (Wildman–Crippen MR) is 56.5 cm³/mol. The maximum absolute atomic E-state index is 11.4. The largest absolute Gasteiger partial charge is 0.507 e. The molecule has 0 aromatic heterocycles. The summed E-state index contributed by atoms with van der Waals surface area (Å²) in [6.07, 6.45) is 0. The summed E-state index contributed by atoms with van der Waals surface area (Å²) in [5.41, 5.74) is 0.834. The lowest BCUT2D eigenvalue weighted by Gasteiger charge is -2.07. The van der Waals surface area contributed by atoms with E-state index in [1.165, 1.54) is 0 Å². The zero-order valence-corrected chi connectivity index (χ0v) is 9.59. The Hall–Kier alpha value is -1.03. The number of hydrogen-bond acceptors (Lipinski definition) is 3. The van der Waals surface area contributed by atoms with Gasteiger partial charge in [-0.2, -0.15) is 0 Å². The van der Waals surface area contributed by atoms with Gasteiger partial charge in [-0.25, -0.2) is 4.79 Å². The Bertz CT molecular complexity index is 361. The molecule has 3 nitrogen and oxygen atoms in total. The van der Waals surface area contributed by atoms with Gasteiger partial charge in [0.2, 0.25) is 0 Å². The summed E-state index contributed by atoms with van der Waals surface area (Å²) in [7, 11) is 0. The molecule has 0 amide bonds. The Labute approximate surface area is 90.8 Å². The number of phenols is 1. The molecule has 0 saturated heterocycles. The molecule has 0 atom stereocenters. The highest BCUT2D eigenvalue weighted by atomic mass is 79.9. The Balaban J connectivity index is 3.13. The van der Waals surface area contributed by atoms with Crippen LogP contribution in [0.4, 0.5) is 0 Å². The van der Waals surface area contributed by atoms with Gasteiger partial charge in [0, 0.05) is 4.47 Å². The topological polar surface area (TPSA) is 46.5 Å². The Kier molecular flexibility index (Phi) is 3.52. The second-order valence-electron chi connectivity index (χ2n) is 2.84. The molecule has 0 aliphatic heterocycles. The number of rotatable bonds is 2. The number of hydrogen-bond donors (Lipinski definition) is 1. The molecule has 1 aromatic carbocycles. The van der Waals surface area contributed by atoms with Gasteiger partial charge >= 0.3 is 5.97 Å². The van der Waals surface area contributed by atoms with Crippen LogP contribution >= 0.6 is 15.9 Å². The molecule has 0 spiro atoms. The predicted octanol–water partition coefficient (Wildman–Crippen LogP) is 2.64. The van der Waals surface area contributed by atoms with E-state index in [2.05, 4.69) is 15.9 Å². The minimum absolute atomic E-state index is 0.0216. The van der Waals surface area contributed by atoms with Crippen LogP contribution in [0.5, 0.6) is 5.75 Å². The lowest BCUT2D eigenvalue weighted by Crippen LogP contribution is -2.05. The average Bonchev–Trinajstić information content (AvgIpc) is 2.11. The van der Waals surface area contributed by atoms with Crippen molar-refractivity contribution in [3.63, 3.8) is 0 Å². The zero-order chi connectivity index (χ0) is 10.7. The van der Waals surface area contributed by atoms with Crippen LogP contribution in [0.25, 0.3) is 0 Å². The molecule has 1 rings (SSSR count). The highest BCUT2D eigenvalue weighted by molar-refractivity contribution is 9.10. The fraction of sp³-hybridized carbons (Fsp3) is 0.300. The first-order chi connectivity index (χ1) is 6.56. The molecular formula is C10H11BrO3. The van der Waals surface area contributed by atoms with Crippen LogP contribution in [-0.2, 0) is 4.74 Å². The molecule has 0 aliphatic rings. The highest BCUT2D eigenvalue weighted by Crippen LogP contribution is 2.27. The molecule has 0 aliphatic carbocycles. The Morgan fingerprint density at radius 3 is 2.79 bits per heavy atom. The summed E-state index contributed by atoms with van der Waals surface area (Å²) in [6.45, 7) is 3.74. The third kappa shape index (κ3) is 2.26. The van der Waals surface area contributed by atoms with Crippen LogP contribution in [0.1, 0.15) is 22.8 Å². The van der Waals surface area contributed by atoms with Crippen molar-refractivity contribution in [2.45, 2.75) is 13.8 Å². The molecule has 1 N–H and O–H groups in total. The van der Waals surface area contributed by atoms with Crippen LogP contribution in [0.15, 0.2) is 16.6 Å². The van der Waals surface area contributed by atoms with Gasteiger partial charge in [0.15, 0.2) is 0 Å². The number of phenolic OH excluding ortho intramolecular Hbond substituents is 1. The van der Waals surface area contributed by atoms with Crippen LogP contribution in [0, 0.1) is 6.92 Å². The van der Waals surface area contributed by atoms with Crippen molar-refractivity contribution in [2.75, 3.05) is 6.61 Å². The number of carbonyl (C=O) groups excluding carboxylic acids is 1. The van der Waals surface area contributed by atoms with Crippen molar-refractivity contribution in [1.29, 1.82) is 0 Å². The molecule has 0 fully saturated rings. The standard InChI is InChI=1S/C10H11BrO3/c1-3-14-10(13)8-5-7(11)4-6(2)9(8)12/h4-5,12H,3H2,1-2H3.